The summed E-state index contributed by atoms with van der Waals surface area (Å²) in [5.74, 6) is 0.918. The van der Waals surface area contributed by atoms with Gasteiger partial charge in [0.2, 0.25) is 11.8 Å². The maximum absolute atomic E-state index is 12.9. The second-order valence-corrected chi connectivity index (χ2v) is 5.29. The molecule has 1 aliphatic rings. The first kappa shape index (κ1) is 14.7. The van der Waals surface area contributed by atoms with Gasteiger partial charge >= 0.3 is 0 Å². The number of aromatic nitrogens is 1. The molecule has 6 heteroatoms. The van der Waals surface area contributed by atoms with Crippen molar-refractivity contribution >= 4 is 5.91 Å². The first-order chi connectivity index (χ1) is 10.6. The van der Waals surface area contributed by atoms with Gasteiger partial charge in [-0.05, 0) is 17.7 Å². The Hall–Kier alpha value is -2.21. The van der Waals surface area contributed by atoms with Crippen molar-refractivity contribution in [2.75, 3.05) is 19.7 Å². The van der Waals surface area contributed by atoms with Gasteiger partial charge in [0.05, 0.1) is 19.3 Å². The summed E-state index contributed by atoms with van der Waals surface area (Å²) in [6, 6.07) is 6.27. The van der Waals surface area contributed by atoms with Crippen molar-refractivity contribution in [3.05, 3.63) is 53.5 Å². The van der Waals surface area contributed by atoms with Crippen LogP contribution in [0.15, 0.2) is 34.9 Å². The van der Waals surface area contributed by atoms with E-state index >= 15 is 0 Å². The summed E-state index contributed by atoms with van der Waals surface area (Å²) in [6.07, 6.45) is 1.85. The van der Waals surface area contributed by atoms with Gasteiger partial charge in [-0.25, -0.2) is 9.37 Å². The minimum atomic E-state index is -0.334. The fourth-order valence-electron chi connectivity index (χ4n) is 2.44. The Morgan fingerprint density at radius 2 is 2.18 bits per heavy atom. The van der Waals surface area contributed by atoms with E-state index in [1.54, 1.807) is 23.2 Å². The maximum atomic E-state index is 12.9. The highest BCUT2D eigenvalue weighted by Crippen LogP contribution is 2.23. The largest absolute Gasteiger partial charge is 0.442 e. The van der Waals surface area contributed by atoms with Crippen molar-refractivity contribution in [1.82, 2.24) is 9.88 Å². The number of amides is 1. The van der Waals surface area contributed by atoms with Crippen LogP contribution in [-0.4, -0.2) is 35.5 Å². The summed E-state index contributed by atoms with van der Waals surface area (Å²) in [5, 5.41) is 0. The number of ether oxygens (including phenoxy) is 1. The molecule has 116 valence electrons. The molecule has 2 aromatic rings. The second kappa shape index (κ2) is 6.27. The molecule has 22 heavy (non-hydrogen) atoms. The first-order valence-electron chi connectivity index (χ1n) is 7.18. The molecule has 1 amide bonds. The summed E-state index contributed by atoms with van der Waals surface area (Å²) in [6.45, 7) is 3.05. The minimum absolute atomic E-state index is 0.0198. The third-order valence-corrected chi connectivity index (χ3v) is 3.65. The molecule has 5 nitrogen and oxygen atoms in total. The first-order valence-corrected chi connectivity index (χ1v) is 7.18. The third kappa shape index (κ3) is 3.33. The van der Waals surface area contributed by atoms with Crippen LogP contribution in [0.25, 0.3) is 0 Å². The van der Waals surface area contributed by atoms with Gasteiger partial charge in [0.25, 0.3) is 0 Å². The molecular formula is C16H17FN2O3. The van der Waals surface area contributed by atoms with E-state index in [0.717, 1.165) is 5.56 Å². The molecule has 0 saturated carbocycles. The average Bonchev–Trinajstić information content (AvgIpc) is 2.98. The maximum Gasteiger partial charge on any atom is 0.225 e. The number of hydrogen-bond donors (Lipinski definition) is 0. The zero-order valence-electron chi connectivity index (χ0n) is 12.3. The van der Waals surface area contributed by atoms with E-state index in [1.165, 1.54) is 19.1 Å². The quantitative estimate of drug-likeness (QED) is 0.873. The molecular weight excluding hydrogens is 287 g/mol. The lowest BCUT2D eigenvalue weighted by Crippen LogP contribution is -2.41. The van der Waals surface area contributed by atoms with Crippen LogP contribution in [0.2, 0.25) is 0 Å². The van der Waals surface area contributed by atoms with Crippen LogP contribution < -0.4 is 0 Å². The monoisotopic (exact) mass is 304 g/mol. The number of oxazole rings is 1. The highest BCUT2D eigenvalue weighted by atomic mass is 19.1. The molecule has 0 unspecified atom stereocenters. The van der Waals surface area contributed by atoms with Crippen LogP contribution >= 0.6 is 0 Å². The van der Waals surface area contributed by atoms with Gasteiger partial charge < -0.3 is 14.1 Å². The molecule has 1 saturated heterocycles. The Bertz CT molecular complexity index is 654. The van der Waals surface area contributed by atoms with Crippen molar-refractivity contribution in [3.63, 3.8) is 0 Å². The second-order valence-electron chi connectivity index (χ2n) is 5.29. The van der Waals surface area contributed by atoms with Crippen LogP contribution in [0, 0.1) is 5.82 Å². The van der Waals surface area contributed by atoms with Gasteiger partial charge in [-0.15, -0.1) is 0 Å². The van der Waals surface area contributed by atoms with E-state index in [4.69, 9.17) is 9.15 Å². The zero-order chi connectivity index (χ0) is 15.5. The molecule has 1 aromatic heterocycles. The normalized spacial score (nSPS) is 18.5. The smallest absolute Gasteiger partial charge is 0.225 e. The van der Waals surface area contributed by atoms with Crippen LogP contribution in [-0.2, 0) is 16.0 Å². The fraction of sp³-hybridized carbons (Fsp3) is 0.375. The number of benzene rings is 1. The van der Waals surface area contributed by atoms with Gasteiger partial charge in [-0.3, -0.25) is 4.79 Å². The van der Waals surface area contributed by atoms with E-state index < -0.39 is 0 Å². The lowest BCUT2D eigenvalue weighted by Gasteiger charge is -2.30. The van der Waals surface area contributed by atoms with Crippen molar-refractivity contribution in [1.29, 1.82) is 0 Å². The van der Waals surface area contributed by atoms with Crippen LogP contribution in [0.3, 0.4) is 0 Å². The summed E-state index contributed by atoms with van der Waals surface area (Å²) < 4.78 is 24.2. The van der Waals surface area contributed by atoms with Gasteiger partial charge in [0.1, 0.15) is 11.6 Å². The molecule has 0 bridgehead atoms. The number of rotatable bonds is 3. The Balaban J connectivity index is 1.68. The predicted octanol–water partition coefficient (Wildman–Crippen LogP) is 2.32. The molecule has 1 atom stereocenters. The summed E-state index contributed by atoms with van der Waals surface area (Å²) in [5.41, 5.74) is 0.944. The molecule has 0 aliphatic carbocycles. The Labute approximate surface area is 127 Å². The van der Waals surface area contributed by atoms with Gasteiger partial charge in [0, 0.05) is 19.9 Å². The zero-order valence-corrected chi connectivity index (χ0v) is 12.3. The fourth-order valence-corrected chi connectivity index (χ4v) is 2.44. The van der Waals surface area contributed by atoms with Crippen molar-refractivity contribution in [2.45, 2.75) is 19.4 Å². The molecule has 1 fully saturated rings. The number of carbonyl (C=O) groups excluding carboxylic acids is 1. The molecule has 1 aliphatic heterocycles. The van der Waals surface area contributed by atoms with Crippen molar-refractivity contribution in [3.8, 4) is 0 Å². The van der Waals surface area contributed by atoms with Crippen LogP contribution in [0.5, 0.6) is 0 Å². The van der Waals surface area contributed by atoms with Crippen molar-refractivity contribution < 1.29 is 18.3 Å². The molecule has 0 N–H and O–H groups in total. The van der Waals surface area contributed by atoms with E-state index in [9.17, 15) is 9.18 Å². The minimum Gasteiger partial charge on any atom is -0.442 e. The Kier molecular flexibility index (Phi) is 4.20. The average molecular weight is 304 g/mol. The van der Waals surface area contributed by atoms with Crippen LogP contribution in [0.4, 0.5) is 4.39 Å². The molecule has 2 heterocycles. The Morgan fingerprint density at radius 1 is 1.41 bits per heavy atom. The molecule has 0 spiro atoms. The third-order valence-electron chi connectivity index (χ3n) is 3.65. The van der Waals surface area contributed by atoms with Gasteiger partial charge in [-0.1, -0.05) is 12.1 Å². The van der Waals surface area contributed by atoms with Crippen LogP contribution in [0.1, 0.15) is 30.2 Å². The van der Waals surface area contributed by atoms with E-state index in [2.05, 4.69) is 4.98 Å². The van der Waals surface area contributed by atoms with Crippen molar-refractivity contribution in [2.24, 2.45) is 0 Å². The Morgan fingerprint density at radius 3 is 2.91 bits per heavy atom. The number of nitrogens with zero attached hydrogens (tertiary/aromatic N) is 2. The topological polar surface area (TPSA) is 55.6 Å². The summed E-state index contributed by atoms with van der Waals surface area (Å²) in [7, 11) is 0. The molecule has 1 aromatic carbocycles. The SMILES string of the molecule is CC(=O)N1CCO[C@H](c2ncc(Cc3ccc(F)cc3)o2)C1. The van der Waals surface area contributed by atoms with E-state index in [1.807, 2.05) is 0 Å². The predicted molar refractivity (Wildman–Crippen MR) is 76.7 cm³/mol. The number of carbonyl (C=O) groups is 1. The van der Waals surface area contributed by atoms with E-state index in [0.29, 0.717) is 37.8 Å². The molecule has 0 radical (unpaired) electrons. The number of halogens is 1. The van der Waals surface area contributed by atoms with Gasteiger partial charge in [0.15, 0.2) is 6.10 Å². The number of morpholine rings is 1. The summed E-state index contributed by atoms with van der Waals surface area (Å²) in [4.78, 5) is 17.4. The van der Waals surface area contributed by atoms with E-state index in [-0.39, 0.29) is 17.8 Å². The standard InChI is InChI=1S/C16H17FN2O3/c1-11(20)19-6-7-21-15(10-19)16-18-9-14(22-16)8-12-2-4-13(17)5-3-12/h2-5,9,15H,6-8,10H2,1H3/t15-/m0/s1. The molecule has 3 rings (SSSR count). The highest BCUT2D eigenvalue weighted by Gasteiger charge is 2.27. The number of hydrogen-bond acceptors (Lipinski definition) is 4. The highest BCUT2D eigenvalue weighted by molar-refractivity contribution is 5.73. The lowest BCUT2D eigenvalue weighted by molar-refractivity contribution is -0.137. The van der Waals surface area contributed by atoms with Gasteiger partial charge in [-0.2, -0.15) is 0 Å². The lowest BCUT2D eigenvalue weighted by atomic mass is 10.1. The summed E-state index contributed by atoms with van der Waals surface area (Å²) >= 11 is 0.